The summed E-state index contributed by atoms with van der Waals surface area (Å²) in [4.78, 5) is 11.5. The minimum absolute atomic E-state index is 0.113. The lowest BCUT2D eigenvalue weighted by Crippen LogP contribution is -2.33. The molecule has 26 heavy (non-hydrogen) atoms. The third-order valence-electron chi connectivity index (χ3n) is 4.79. The van der Waals surface area contributed by atoms with E-state index in [9.17, 15) is 4.79 Å². The lowest BCUT2D eigenvalue weighted by atomic mass is 9.85. The molecule has 0 fully saturated rings. The van der Waals surface area contributed by atoms with E-state index in [1.807, 2.05) is 41.5 Å². The summed E-state index contributed by atoms with van der Waals surface area (Å²) < 4.78 is 5.25. The van der Waals surface area contributed by atoms with Gasteiger partial charge in [-0.3, -0.25) is 4.79 Å². The molecule has 2 nitrogen and oxygen atoms in total. The number of ether oxygens (including phenoxy) is 1. The monoisotopic (exact) mass is 362 g/mol. The molecule has 1 rings (SSSR count). The summed E-state index contributed by atoms with van der Waals surface area (Å²) >= 11 is 0. The minimum Gasteiger partial charge on any atom is -0.460 e. The molecule has 0 radical (unpaired) electrons. The number of hydrogen-bond acceptors (Lipinski definition) is 2. The van der Waals surface area contributed by atoms with Crippen molar-refractivity contribution in [1.82, 2.24) is 0 Å². The van der Waals surface area contributed by atoms with Crippen LogP contribution in [0.3, 0.4) is 0 Å². The fourth-order valence-electron chi connectivity index (χ4n) is 2.11. The molecule has 0 amide bonds. The smallest absolute Gasteiger partial charge is 0.312 e. The first-order chi connectivity index (χ1) is 11.6. The predicted octanol–water partition coefficient (Wildman–Crippen LogP) is 7.26. The third-order valence-corrected chi connectivity index (χ3v) is 4.79. The first-order valence-electron chi connectivity index (χ1n) is 9.98. The molecule has 0 aliphatic carbocycles. The first-order valence-corrected chi connectivity index (χ1v) is 9.98. The van der Waals surface area contributed by atoms with Crippen molar-refractivity contribution in [3.8, 4) is 0 Å². The van der Waals surface area contributed by atoms with E-state index in [0.29, 0.717) is 5.92 Å². The highest BCUT2D eigenvalue weighted by Gasteiger charge is 2.30. The van der Waals surface area contributed by atoms with Gasteiger partial charge in [-0.2, -0.15) is 0 Å². The van der Waals surface area contributed by atoms with Gasteiger partial charge in [-0.05, 0) is 69.9 Å². The van der Waals surface area contributed by atoms with Crippen LogP contribution in [0.2, 0.25) is 0 Å². The SMILES string of the molecule is CCC(C)(C)C(=O)OC(C)(C)C.CCC(C)c1ccc(C(C)(C)C)cc1. The maximum atomic E-state index is 11.5. The zero-order chi connectivity index (χ0) is 20.8. The largest absolute Gasteiger partial charge is 0.460 e. The van der Waals surface area contributed by atoms with E-state index in [-0.39, 0.29) is 22.4 Å². The first kappa shape index (κ1) is 24.7. The summed E-state index contributed by atoms with van der Waals surface area (Å²) in [5.74, 6) is 0.571. The highest BCUT2D eigenvalue weighted by atomic mass is 16.6. The lowest BCUT2D eigenvalue weighted by Gasteiger charge is -2.27. The van der Waals surface area contributed by atoms with E-state index >= 15 is 0 Å². The van der Waals surface area contributed by atoms with Crippen LogP contribution in [0.15, 0.2) is 24.3 Å². The van der Waals surface area contributed by atoms with Crippen molar-refractivity contribution < 1.29 is 9.53 Å². The van der Waals surface area contributed by atoms with Crippen LogP contribution >= 0.6 is 0 Å². The van der Waals surface area contributed by atoms with Gasteiger partial charge in [0.1, 0.15) is 5.60 Å². The molecule has 1 aromatic carbocycles. The second-order valence-electron chi connectivity index (χ2n) is 9.92. The van der Waals surface area contributed by atoms with Crippen LogP contribution in [0.1, 0.15) is 106 Å². The topological polar surface area (TPSA) is 26.3 Å². The maximum Gasteiger partial charge on any atom is 0.312 e. The Bertz CT molecular complexity index is 539. The van der Waals surface area contributed by atoms with Crippen LogP contribution in [-0.2, 0) is 14.9 Å². The van der Waals surface area contributed by atoms with Gasteiger partial charge in [0.25, 0.3) is 0 Å². The fraction of sp³-hybridized carbons (Fsp3) is 0.708. The Balaban J connectivity index is 0.000000488. The number of esters is 1. The van der Waals surface area contributed by atoms with E-state index in [4.69, 9.17) is 4.74 Å². The Morgan fingerprint density at radius 2 is 1.38 bits per heavy atom. The molecule has 0 heterocycles. The molecule has 1 unspecified atom stereocenters. The summed E-state index contributed by atoms with van der Waals surface area (Å²) in [6, 6.07) is 9.08. The number of rotatable bonds is 4. The second kappa shape index (κ2) is 9.58. The van der Waals surface area contributed by atoms with Crippen molar-refractivity contribution >= 4 is 5.97 Å². The zero-order valence-corrected chi connectivity index (χ0v) is 19.1. The van der Waals surface area contributed by atoms with Crippen LogP contribution < -0.4 is 0 Å². The molecule has 2 heteroatoms. The van der Waals surface area contributed by atoms with Crippen molar-refractivity contribution in [2.24, 2.45) is 5.41 Å². The van der Waals surface area contributed by atoms with Crippen molar-refractivity contribution in [2.75, 3.05) is 0 Å². The van der Waals surface area contributed by atoms with Crippen molar-refractivity contribution in [3.63, 3.8) is 0 Å². The van der Waals surface area contributed by atoms with E-state index < -0.39 is 0 Å². The van der Waals surface area contributed by atoms with Crippen molar-refractivity contribution in [3.05, 3.63) is 35.4 Å². The normalized spacial score (nSPS) is 13.5. The summed E-state index contributed by atoms with van der Waals surface area (Å²) in [5.41, 5.74) is 2.43. The molecule has 0 aliphatic heterocycles. The molecular formula is C24H42O2. The third kappa shape index (κ3) is 8.87. The Morgan fingerprint density at radius 1 is 0.923 bits per heavy atom. The molecule has 1 aromatic rings. The Hall–Kier alpha value is -1.31. The average Bonchev–Trinajstić information content (AvgIpc) is 2.52. The number of benzene rings is 1. The molecule has 0 saturated carbocycles. The molecule has 0 spiro atoms. The van der Waals surface area contributed by atoms with Gasteiger partial charge in [0.15, 0.2) is 0 Å². The average molecular weight is 363 g/mol. The molecular weight excluding hydrogens is 320 g/mol. The van der Waals surface area contributed by atoms with Crippen molar-refractivity contribution in [2.45, 2.75) is 106 Å². The van der Waals surface area contributed by atoms with Crippen LogP contribution in [0.4, 0.5) is 0 Å². The predicted molar refractivity (Wildman–Crippen MR) is 114 cm³/mol. The van der Waals surface area contributed by atoms with Crippen LogP contribution in [0, 0.1) is 5.41 Å². The van der Waals surface area contributed by atoms with E-state index in [1.54, 1.807) is 0 Å². The van der Waals surface area contributed by atoms with Gasteiger partial charge < -0.3 is 4.74 Å². The van der Waals surface area contributed by atoms with Gasteiger partial charge in [0.05, 0.1) is 5.41 Å². The van der Waals surface area contributed by atoms with Gasteiger partial charge in [-0.25, -0.2) is 0 Å². The van der Waals surface area contributed by atoms with Gasteiger partial charge >= 0.3 is 5.97 Å². The highest BCUT2D eigenvalue weighted by Crippen LogP contribution is 2.26. The molecule has 0 saturated heterocycles. The number of hydrogen-bond donors (Lipinski definition) is 0. The van der Waals surface area contributed by atoms with Crippen LogP contribution in [0.5, 0.6) is 0 Å². The lowest BCUT2D eigenvalue weighted by molar-refractivity contribution is -0.165. The zero-order valence-electron chi connectivity index (χ0n) is 19.1. The summed E-state index contributed by atoms with van der Waals surface area (Å²) in [6.07, 6.45) is 2.02. The van der Waals surface area contributed by atoms with Gasteiger partial charge in [-0.1, -0.05) is 65.8 Å². The fourth-order valence-corrected chi connectivity index (χ4v) is 2.11. The summed E-state index contributed by atoms with van der Waals surface area (Å²) in [5, 5.41) is 0. The highest BCUT2D eigenvalue weighted by molar-refractivity contribution is 5.76. The standard InChI is InChI=1S/C14H22.C10H20O2/c1-6-11(2)12-7-9-13(10-8-12)14(3,4)5;1-7-10(5,6)8(11)12-9(2,3)4/h7-11H,6H2,1-5H3;7H2,1-6H3. The number of carbonyl (C=O) groups is 1. The van der Waals surface area contributed by atoms with Gasteiger partial charge in [0.2, 0.25) is 0 Å². The summed E-state index contributed by atoms with van der Waals surface area (Å²) in [6.45, 7) is 22.7. The molecule has 0 aliphatic rings. The Labute approximate surface area is 162 Å². The van der Waals surface area contributed by atoms with Crippen molar-refractivity contribution in [1.29, 1.82) is 0 Å². The van der Waals surface area contributed by atoms with Crippen LogP contribution in [0.25, 0.3) is 0 Å². The van der Waals surface area contributed by atoms with E-state index in [1.165, 1.54) is 17.5 Å². The van der Waals surface area contributed by atoms with Gasteiger partial charge in [-0.15, -0.1) is 0 Å². The maximum absolute atomic E-state index is 11.5. The Morgan fingerprint density at radius 3 is 1.69 bits per heavy atom. The van der Waals surface area contributed by atoms with E-state index in [2.05, 4.69) is 58.9 Å². The Kier molecular flexibility index (Phi) is 9.09. The summed E-state index contributed by atoms with van der Waals surface area (Å²) in [7, 11) is 0. The minimum atomic E-state index is -0.372. The quantitative estimate of drug-likeness (QED) is 0.527. The van der Waals surface area contributed by atoms with Crippen LogP contribution in [-0.4, -0.2) is 11.6 Å². The van der Waals surface area contributed by atoms with E-state index in [0.717, 1.165) is 6.42 Å². The molecule has 0 N–H and O–H groups in total. The second-order valence-corrected chi connectivity index (χ2v) is 9.92. The molecule has 0 aromatic heterocycles. The molecule has 150 valence electrons. The van der Waals surface area contributed by atoms with Gasteiger partial charge in [0, 0.05) is 0 Å². The molecule has 0 bridgehead atoms. The number of carbonyl (C=O) groups excluding carboxylic acids is 1. The molecule has 1 atom stereocenters.